The molecule has 0 fully saturated rings. The number of rotatable bonds is 1. The number of hydrogen-bond acceptors (Lipinski definition) is 3. The molecule has 0 atom stereocenters. The van der Waals surface area contributed by atoms with Crippen LogP contribution in [0, 0.1) is 5.92 Å². The maximum Gasteiger partial charge on any atom is 0.185 e. The molecule has 3 nitrogen and oxygen atoms in total. The summed E-state index contributed by atoms with van der Waals surface area (Å²) in [5.41, 5.74) is 6.25. The van der Waals surface area contributed by atoms with Gasteiger partial charge in [-0.15, -0.1) is 0 Å². The van der Waals surface area contributed by atoms with Gasteiger partial charge in [-0.1, -0.05) is 30.8 Å². The van der Waals surface area contributed by atoms with Gasteiger partial charge in [0.05, 0.1) is 0 Å². The van der Waals surface area contributed by atoms with Gasteiger partial charge in [0.2, 0.25) is 0 Å². The molecule has 1 aliphatic rings. The number of hydrogen-bond donors (Lipinski definition) is 1. The Labute approximate surface area is 81.2 Å². The first kappa shape index (κ1) is 8.69. The molecule has 2 rings (SSSR count). The first-order valence-electron chi connectivity index (χ1n) is 4.13. The van der Waals surface area contributed by atoms with Gasteiger partial charge in [-0.2, -0.15) is 0 Å². The third-order valence-electron chi connectivity index (χ3n) is 2.19. The fraction of sp³-hybridized carbons (Fsp3) is 0. The number of fused-ring (bicyclic) bond motifs is 1. The van der Waals surface area contributed by atoms with Gasteiger partial charge in [-0.25, -0.2) is 0 Å². The lowest BCUT2D eigenvalue weighted by Crippen LogP contribution is -2.19. The van der Waals surface area contributed by atoms with Crippen LogP contribution in [0.2, 0.25) is 0 Å². The van der Waals surface area contributed by atoms with Gasteiger partial charge >= 0.3 is 0 Å². The summed E-state index contributed by atoms with van der Waals surface area (Å²) in [5, 5.41) is 0. The molecular formula is C11H8NO2. The molecule has 0 bridgehead atoms. The van der Waals surface area contributed by atoms with E-state index in [0.717, 1.165) is 0 Å². The quantitative estimate of drug-likeness (QED) is 0.714. The highest BCUT2D eigenvalue weighted by Gasteiger charge is 2.40. The molecule has 0 spiro atoms. The first-order chi connectivity index (χ1) is 6.63. The summed E-state index contributed by atoms with van der Waals surface area (Å²) < 4.78 is 0. The highest BCUT2D eigenvalue weighted by Crippen LogP contribution is 2.30. The van der Waals surface area contributed by atoms with E-state index in [1.54, 1.807) is 24.3 Å². The molecule has 14 heavy (non-hydrogen) atoms. The molecule has 1 radical (unpaired) electrons. The summed E-state index contributed by atoms with van der Waals surface area (Å²) >= 11 is 0. The summed E-state index contributed by atoms with van der Waals surface area (Å²) in [6.45, 7) is 3.42. The Hall–Kier alpha value is -1.90. The van der Waals surface area contributed by atoms with Crippen molar-refractivity contribution in [1.82, 2.24) is 0 Å². The van der Waals surface area contributed by atoms with Gasteiger partial charge in [-0.3, -0.25) is 9.59 Å². The van der Waals surface area contributed by atoms with Crippen molar-refractivity contribution in [3.05, 3.63) is 53.6 Å². The highest BCUT2D eigenvalue weighted by molar-refractivity contribution is 6.38. The van der Waals surface area contributed by atoms with Crippen molar-refractivity contribution in [2.24, 2.45) is 5.73 Å². The molecule has 69 valence electrons. The first-order valence-corrected chi connectivity index (χ1v) is 4.13. The number of carbonyl (C=O) groups excluding carboxylic acids is 2. The van der Waals surface area contributed by atoms with E-state index in [2.05, 4.69) is 6.58 Å². The van der Waals surface area contributed by atoms with E-state index in [4.69, 9.17) is 5.73 Å². The van der Waals surface area contributed by atoms with Crippen molar-refractivity contribution in [3.63, 3.8) is 0 Å². The van der Waals surface area contributed by atoms with Crippen LogP contribution in [0.4, 0.5) is 0 Å². The molecule has 1 aliphatic carbocycles. The van der Waals surface area contributed by atoms with E-state index in [1.165, 1.54) is 0 Å². The van der Waals surface area contributed by atoms with Crippen LogP contribution in [-0.2, 0) is 0 Å². The maximum absolute atomic E-state index is 11.6. The Morgan fingerprint density at radius 2 is 1.50 bits per heavy atom. The smallest absolute Gasteiger partial charge is 0.185 e. The van der Waals surface area contributed by atoms with Gasteiger partial charge in [0.25, 0.3) is 0 Å². The van der Waals surface area contributed by atoms with Crippen molar-refractivity contribution >= 4 is 11.6 Å². The third kappa shape index (κ3) is 0.988. The maximum atomic E-state index is 11.6. The molecule has 2 N–H and O–H groups in total. The second-order valence-corrected chi connectivity index (χ2v) is 3.10. The van der Waals surface area contributed by atoms with Crippen molar-refractivity contribution in [1.29, 1.82) is 0 Å². The highest BCUT2D eigenvalue weighted by atomic mass is 16.2. The van der Waals surface area contributed by atoms with Gasteiger partial charge in [0.15, 0.2) is 17.5 Å². The summed E-state index contributed by atoms with van der Waals surface area (Å²) in [6.07, 6.45) is 0. The summed E-state index contributed by atoms with van der Waals surface area (Å²) in [5.74, 6) is -0.637. The predicted octanol–water partition coefficient (Wildman–Crippen LogP) is 1.11. The molecule has 0 heterocycles. The average molecular weight is 186 g/mol. The Morgan fingerprint density at radius 3 is 1.86 bits per heavy atom. The molecule has 0 saturated heterocycles. The number of Topliss-reactive ketones (excluding diaryl/α,β-unsaturated/α-hetero) is 2. The molecule has 3 heteroatoms. The van der Waals surface area contributed by atoms with E-state index in [-0.39, 0.29) is 23.2 Å². The number of allylic oxidation sites excluding steroid dienone is 1. The minimum absolute atomic E-state index is 0.00574. The van der Waals surface area contributed by atoms with Crippen molar-refractivity contribution < 1.29 is 9.59 Å². The SMILES string of the molecule is C=C(N)[C]1C(=O)c2ccccc2C1=O. The molecule has 1 aromatic carbocycles. The Kier molecular flexibility index (Phi) is 1.74. The van der Waals surface area contributed by atoms with Gasteiger partial charge in [0.1, 0.15) is 0 Å². The van der Waals surface area contributed by atoms with Crippen molar-refractivity contribution in [2.45, 2.75) is 0 Å². The Morgan fingerprint density at radius 1 is 1.07 bits per heavy atom. The fourth-order valence-electron chi connectivity index (χ4n) is 1.54. The summed E-state index contributed by atoms with van der Waals surface area (Å²) in [4.78, 5) is 23.3. The number of benzene rings is 1. The Bertz CT molecular complexity index is 413. The van der Waals surface area contributed by atoms with Crippen LogP contribution in [0.5, 0.6) is 0 Å². The van der Waals surface area contributed by atoms with Crippen LogP contribution < -0.4 is 5.73 Å². The van der Waals surface area contributed by atoms with Gasteiger partial charge in [-0.05, 0) is 0 Å². The van der Waals surface area contributed by atoms with Crippen molar-refractivity contribution in [3.8, 4) is 0 Å². The minimum atomic E-state index is -0.321. The van der Waals surface area contributed by atoms with Crippen LogP contribution >= 0.6 is 0 Å². The van der Waals surface area contributed by atoms with Crippen LogP contribution in [0.25, 0.3) is 0 Å². The molecule has 0 unspecified atom stereocenters. The van der Waals surface area contributed by atoms with Crippen molar-refractivity contribution in [2.75, 3.05) is 0 Å². The van der Waals surface area contributed by atoms with Crippen LogP contribution in [0.1, 0.15) is 20.7 Å². The normalized spacial score (nSPS) is 15.7. The predicted molar refractivity (Wildman–Crippen MR) is 51.7 cm³/mol. The number of carbonyl (C=O) groups is 2. The van der Waals surface area contributed by atoms with Gasteiger partial charge < -0.3 is 5.73 Å². The largest absolute Gasteiger partial charge is 0.401 e. The minimum Gasteiger partial charge on any atom is -0.401 e. The van der Waals surface area contributed by atoms with E-state index in [9.17, 15) is 9.59 Å². The van der Waals surface area contributed by atoms with Crippen LogP contribution in [-0.4, -0.2) is 11.6 Å². The molecule has 0 aromatic heterocycles. The van der Waals surface area contributed by atoms with E-state index < -0.39 is 0 Å². The molecular weight excluding hydrogens is 178 g/mol. The molecule has 0 amide bonds. The molecule has 0 saturated carbocycles. The van der Waals surface area contributed by atoms with Crippen LogP contribution in [0.15, 0.2) is 36.5 Å². The van der Waals surface area contributed by atoms with E-state index in [0.29, 0.717) is 11.1 Å². The fourth-order valence-corrected chi connectivity index (χ4v) is 1.54. The zero-order valence-corrected chi connectivity index (χ0v) is 7.41. The molecule has 0 aliphatic heterocycles. The average Bonchev–Trinajstić information content (AvgIpc) is 2.41. The Balaban J connectivity index is 2.59. The second-order valence-electron chi connectivity index (χ2n) is 3.10. The lowest BCUT2D eigenvalue weighted by Gasteiger charge is -2.02. The monoisotopic (exact) mass is 186 g/mol. The number of nitrogens with two attached hydrogens (primary N) is 1. The lowest BCUT2D eigenvalue weighted by molar-refractivity contribution is 0.0958. The van der Waals surface area contributed by atoms with Gasteiger partial charge in [0, 0.05) is 16.8 Å². The molecule has 1 aromatic rings. The van der Waals surface area contributed by atoms with E-state index >= 15 is 0 Å². The van der Waals surface area contributed by atoms with Crippen LogP contribution in [0.3, 0.4) is 0 Å². The zero-order chi connectivity index (χ0) is 10.3. The topological polar surface area (TPSA) is 60.2 Å². The summed E-state index contributed by atoms with van der Waals surface area (Å²) in [6, 6.07) is 6.66. The standard InChI is InChI=1S/C11H8NO2/c1-6(12)9-10(13)7-4-2-3-5-8(7)11(9)14/h2-5H,1,12H2. The summed E-state index contributed by atoms with van der Waals surface area (Å²) in [7, 11) is 0. The van der Waals surface area contributed by atoms with E-state index in [1.807, 2.05) is 0 Å². The third-order valence-corrected chi connectivity index (χ3v) is 2.19. The zero-order valence-electron chi connectivity index (χ0n) is 7.41. The lowest BCUT2D eigenvalue weighted by atomic mass is 10.0. The number of ketones is 2. The second kappa shape index (κ2) is 2.80.